The van der Waals surface area contributed by atoms with Crippen LogP contribution in [-0.4, -0.2) is 30.7 Å². The van der Waals surface area contributed by atoms with Gasteiger partial charge >= 0.3 is 0 Å². The number of hydrogen-bond donors (Lipinski definition) is 1. The highest BCUT2D eigenvalue weighted by Gasteiger charge is 2.20. The van der Waals surface area contributed by atoms with Crippen molar-refractivity contribution in [3.8, 4) is 0 Å². The summed E-state index contributed by atoms with van der Waals surface area (Å²) in [4.78, 5) is 17.3. The van der Waals surface area contributed by atoms with Crippen molar-refractivity contribution in [3.05, 3.63) is 0 Å². The zero-order valence-corrected chi connectivity index (χ0v) is 11.2. The van der Waals surface area contributed by atoms with Crippen molar-refractivity contribution < 1.29 is 9.63 Å². The average Bonchev–Trinajstić information content (AvgIpc) is 2.34. The Kier molecular flexibility index (Phi) is 6.52. The van der Waals surface area contributed by atoms with Gasteiger partial charge in [0.25, 0.3) is 0 Å². The molecule has 2 N–H and O–H groups in total. The zero-order chi connectivity index (χ0) is 12.7. The summed E-state index contributed by atoms with van der Waals surface area (Å²) in [6.07, 6.45) is 4.63. The largest absolute Gasteiger partial charge is 0.330 e. The summed E-state index contributed by atoms with van der Waals surface area (Å²) in [6.45, 7) is 6.53. The second kappa shape index (κ2) is 7.67. The molecule has 0 aliphatic carbocycles. The minimum absolute atomic E-state index is 0.132. The van der Waals surface area contributed by atoms with E-state index in [0.29, 0.717) is 31.4 Å². The molecule has 17 heavy (non-hydrogen) atoms. The Bertz CT molecular complexity index is 225. The third-order valence-electron chi connectivity index (χ3n) is 3.49. The lowest BCUT2D eigenvalue weighted by Crippen LogP contribution is -2.36. The maximum absolute atomic E-state index is 11.9. The molecule has 4 heteroatoms. The lowest BCUT2D eigenvalue weighted by atomic mass is 9.88. The molecule has 1 fully saturated rings. The SMILES string of the molecule is CC(C)C(CCN)CCC(=O)N1CCCCO1. The van der Waals surface area contributed by atoms with Crippen LogP contribution in [0.1, 0.15) is 46.0 Å². The Morgan fingerprint density at radius 1 is 1.35 bits per heavy atom. The van der Waals surface area contributed by atoms with E-state index in [0.717, 1.165) is 32.2 Å². The molecular formula is C13H26N2O2. The Morgan fingerprint density at radius 2 is 2.12 bits per heavy atom. The van der Waals surface area contributed by atoms with Crippen LogP contribution in [0.15, 0.2) is 0 Å². The van der Waals surface area contributed by atoms with Gasteiger partial charge in [-0.15, -0.1) is 0 Å². The fourth-order valence-corrected chi connectivity index (χ4v) is 2.25. The van der Waals surface area contributed by atoms with Crippen LogP contribution in [0, 0.1) is 11.8 Å². The number of carbonyl (C=O) groups excluding carboxylic acids is 1. The fourth-order valence-electron chi connectivity index (χ4n) is 2.25. The molecule has 0 spiro atoms. The molecular weight excluding hydrogens is 216 g/mol. The minimum Gasteiger partial charge on any atom is -0.330 e. The Labute approximate surface area is 104 Å². The van der Waals surface area contributed by atoms with Gasteiger partial charge in [0.15, 0.2) is 0 Å². The van der Waals surface area contributed by atoms with E-state index >= 15 is 0 Å². The zero-order valence-electron chi connectivity index (χ0n) is 11.2. The van der Waals surface area contributed by atoms with E-state index in [1.807, 2.05) is 0 Å². The first kappa shape index (κ1) is 14.5. The summed E-state index contributed by atoms with van der Waals surface area (Å²) >= 11 is 0. The van der Waals surface area contributed by atoms with Crippen LogP contribution in [0.2, 0.25) is 0 Å². The van der Waals surface area contributed by atoms with Crippen LogP contribution >= 0.6 is 0 Å². The van der Waals surface area contributed by atoms with E-state index in [9.17, 15) is 4.79 Å². The second-order valence-electron chi connectivity index (χ2n) is 5.16. The molecule has 1 aliphatic rings. The van der Waals surface area contributed by atoms with Crippen LogP contribution in [0.5, 0.6) is 0 Å². The molecule has 0 bridgehead atoms. The van der Waals surface area contributed by atoms with Gasteiger partial charge < -0.3 is 5.73 Å². The van der Waals surface area contributed by atoms with Crippen molar-refractivity contribution in [2.24, 2.45) is 17.6 Å². The predicted molar refractivity (Wildman–Crippen MR) is 68.1 cm³/mol. The van der Waals surface area contributed by atoms with Crippen molar-refractivity contribution in [1.82, 2.24) is 5.06 Å². The highest BCUT2D eigenvalue weighted by molar-refractivity contribution is 5.75. The Hall–Kier alpha value is -0.610. The normalized spacial score (nSPS) is 18.5. The van der Waals surface area contributed by atoms with E-state index < -0.39 is 0 Å². The van der Waals surface area contributed by atoms with Crippen molar-refractivity contribution in [1.29, 1.82) is 0 Å². The lowest BCUT2D eigenvalue weighted by Gasteiger charge is -2.27. The van der Waals surface area contributed by atoms with Crippen LogP contribution in [0.25, 0.3) is 0 Å². The number of amides is 1. The first-order valence-electron chi connectivity index (χ1n) is 6.78. The summed E-state index contributed by atoms with van der Waals surface area (Å²) in [5.41, 5.74) is 5.60. The maximum atomic E-state index is 11.9. The van der Waals surface area contributed by atoms with E-state index in [1.54, 1.807) is 5.06 Å². The Balaban J connectivity index is 2.29. The van der Waals surface area contributed by atoms with Gasteiger partial charge in [-0.05, 0) is 44.1 Å². The number of hydrogen-bond acceptors (Lipinski definition) is 3. The highest BCUT2D eigenvalue weighted by Crippen LogP contribution is 2.21. The second-order valence-corrected chi connectivity index (χ2v) is 5.16. The Morgan fingerprint density at radius 3 is 2.65 bits per heavy atom. The number of nitrogens with two attached hydrogens (primary N) is 1. The number of nitrogens with zero attached hydrogens (tertiary/aromatic N) is 1. The van der Waals surface area contributed by atoms with Gasteiger partial charge in [-0.25, -0.2) is 5.06 Å². The van der Waals surface area contributed by atoms with E-state index in [2.05, 4.69) is 13.8 Å². The molecule has 1 aliphatic heterocycles. The maximum Gasteiger partial charge on any atom is 0.246 e. The third-order valence-corrected chi connectivity index (χ3v) is 3.49. The molecule has 0 radical (unpaired) electrons. The van der Waals surface area contributed by atoms with E-state index in [1.165, 1.54) is 0 Å². The summed E-state index contributed by atoms with van der Waals surface area (Å²) in [5, 5.41) is 1.54. The number of rotatable bonds is 6. The molecule has 1 unspecified atom stereocenters. The van der Waals surface area contributed by atoms with Gasteiger partial charge in [0.2, 0.25) is 5.91 Å². The molecule has 100 valence electrons. The van der Waals surface area contributed by atoms with E-state index in [-0.39, 0.29) is 5.91 Å². The standard InChI is InChI=1S/C13H26N2O2/c1-11(2)12(7-8-14)5-6-13(16)15-9-3-4-10-17-15/h11-12H,3-10,14H2,1-2H3. The molecule has 1 amide bonds. The summed E-state index contributed by atoms with van der Waals surface area (Å²) in [7, 11) is 0. The predicted octanol–water partition coefficient (Wildman–Crippen LogP) is 1.94. The first-order valence-corrected chi connectivity index (χ1v) is 6.78. The topological polar surface area (TPSA) is 55.6 Å². The third kappa shape index (κ3) is 5.04. The number of carbonyl (C=O) groups is 1. The molecule has 0 saturated carbocycles. The molecule has 0 aromatic heterocycles. The van der Waals surface area contributed by atoms with Gasteiger partial charge in [0, 0.05) is 13.0 Å². The van der Waals surface area contributed by atoms with E-state index in [4.69, 9.17) is 10.6 Å². The molecule has 1 heterocycles. The van der Waals surface area contributed by atoms with Gasteiger partial charge in [-0.2, -0.15) is 0 Å². The summed E-state index contributed by atoms with van der Waals surface area (Å²) < 4.78 is 0. The summed E-state index contributed by atoms with van der Waals surface area (Å²) in [5.74, 6) is 1.27. The average molecular weight is 242 g/mol. The van der Waals surface area contributed by atoms with Crippen LogP contribution in [0.4, 0.5) is 0 Å². The van der Waals surface area contributed by atoms with Crippen molar-refractivity contribution in [2.75, 3.05) is 19.7 Å². The van der Waals surface area contributed by atoms with Gasteiger partial charge in [0.1, 0.15) is 0 Å². The molecule has 0 aromatic carbocycles. The van der Waals surface area contributed by atoms with Crippen molar-refractivity contribution in [3.63, 3.8) is 0 Å². The first-order chi connectivity index (χ1) is 8.15. The smallest absolute Gasteiger partial charge is 0.246 e. The van der Waals surface area contributed by atoms with Gasteiger partial charge in [0.05, 0.1) is 6.61 Å². The minimum atomic E-state index is 0.132. The van der Waals surface area contributed by atoms with Crippen molar-refractivity contribution in [2.45, 2.75) is 46.0 Å². The lowest BCUT2D eigenvalue weighted by molar-refractivity contribution is -0.197. The summed E-state index contributed by atoms with van der Waals surface area (Å²) in [6, 6.07) is 0. The number of hydroxylamine groups is 2. The van der Waals surface area contributed by atoms with Crippen molar-refractivity contribution >= 4 is 5.91 Å². The fraction of sp³-hybridized carbons (Fsp3) is 0.923. The van der Waals surface area contributed by atoms with Crippen LogP contribution in [0.3, 0.4) is 0 Å². The molecule has 1 rings (SSSR count). The quantitative estimate of drug-likeness (QED) is 0.774. The monoisotopic (exact) mass is 242 g/mol. The van der Waals surface area contributed by atoms with Crippen LogP contribution in [-0.2, 0) is 9.63 Å². The van der Waals surface area contributed by atoms with Gasteiger partial charge in [-0.1, -0.05) is 13.8 Å². The molecule has 1 saturated heterocycles. The van der Waals surface area contributed by atoms with Crippen LogP contribution < -0.4 is 5.73 Å². The molecule has 0 aromatic rings. The highest BCUT2D eigenvalue weighted by atomic mass is 16.7. The molecule has 4 nitrogen and oxygen atoms in total. The molecule has 1 atom stereocenters. The van der Waals surface area contributed by atoms with Gasteiger partial charge in [-0.3, -0.25) is 9.63 Å².